The summed E-state index contributed by atoms with van der Waals surface area (Å²) >= 11 is 1.40. The third-order valence-corrected chi connectivity index (χ3v) is 7.66. The number of methoxy groups -OCH3 is 1. The SMILES string of the molecule is COc1cnc(C(F)F)cc1-c1cc(N2C=Cc3occc3C(=O)C2)ncc1C(=O)NC1NNC(C#CC2CC2)S1. The Morgan fingerprint density at radius 1 is 1.20 bits per heavy atom. The van der Waals surface area contributed by atoms with Crippen molar-refractivity contribution in [2.75, 3.05) is 18.6 Å². The molecule has 5 heterocycles. The number of nitrogens with zero attached hydrogens (tertiary/aromatic N) is 3. The Bertz CT molecular complexity index is 1600. The Kier molecular flexibility index (Phi) is 7.44. The molecule has 1 amide bonds. The van der Waals surface area contributed by atoms with E-state index in [-0.39, 0.29) is 40.1 Å². The Morgan fingerprint density at radius 3 is 2.83 bits per heavy atom. The molecule has 1 saturated heterocycles. The van der Waals surface area contributed by atoms with Crippen LogP contribution in [0.25, 0.3) is 17.2 Å². The average molecular weight is 579 g/mol. The van der Waals surface area contributed by atoms with Crippen LogP contribution in [0.3, 0.4) is 0 Å². The molecule has 3 aliphatic rings. The first-order valence-corrected chi connectivity index (χ1v) is 13.7. The molecule has 210 valence electrons. The van der Waals surface area contributed by atoms with Crippen molar-refractivity contribution >= 4 is 35.3 Å². The number of nitrogens with one attached hydrogen (secondary N) is 3. The monoisotopic (exact) mass is 578 g/mol. The van der Waals surface area contributed by atoms with E-state index in [4.69, 9.17) is 9.15 Å². The Hall–Kier alpha value is -4.25. The van der Waals surface area contributed by atoms with Crippen molar-refractivity contribution in [3.63, 3.8) is 0 Å². The minimum atomic E-state index is -2.84. The minimum absolute atomic E-state index is 0.0473. The summed E-state index contributed by atoms with van der Waals surface area (Å²) in [6, 6.07) is 4.34. The van der Waals surface area contributed by atoms with E-state index in [2.05, 4.69) is 38.0 Å². The van der Waals surface area contributed by atoms with Gasteiger partial charge in [0.25, 0.3) is 12.3 Å². The summed E-state index contributed by atoms with van der Waals surface area (Å²) in [5.74, 6) is 7.02. The number of Topliss-reactive ketones (excluding diaryl/α,β-unsaturated/α-hetero) is 1. The zero-order valence-electron chi connectivity index (χ0n) is 21.7. The predicted octanol–water partition coefficient (Wildman–Crippen LogP) is 3.95. The first-order chi connectivity index (χ1) is 19.9. The van der Waals surface area contributed by atoms with Crippen molar-refractivity contribution in [3.05, 3.63) is 65.6 Å². The fourth-order valence-electron chi connectivity index (χ4n) is 4.36. The second kappa shape index (κ2) is 11.3. The second-order valence-electron chi connectivity index (χ2n) is 9.48. The zero-order chi connectivity index (χ0) is 28.5. The predicted molar refractivity (Wildman–Crippen MR) is 148 cm³/mol. The summed E-state index contributed by atoms with van der Waals surface area (Å²) in [4.78, 5) is 36.2. The molecule has 2 atom stereocenters. The minimum Gasteiger partial charge on any atom is -0.494 e. The maximum Gasteiger partial charge on any atom is 0.280 e. The molecule has 41 heavy (non-hydrogen) atoms. The van der Waals surface area contributed by atoms with E-state index in [0.29, 0.717) is 23.1 Å². The smallest absolute Gasteiger partial charge is 0.280 e. The van der Waals surface area contributed by atoms with Gasteiger partial charge in [-0.1, -0.05) is 23.6 Å². The van der Waals surface area contributed by atoms with Crippen molar-refractivity contribution in [1.82, 2.24) is 26.1 Å². The molecule has 0 aromatic carbocycles. The Labute approximate surface area is 237 Å². The quantitative estimate of drug-likeness (QED) is 0.371. The number of furan rings is 1. The van der Waals surface area contributed by atoms with Crippen LogP contribution in [-0.4, -0.2) is 46.2 Å². The molecule has 2 fully saturated rings. The molecule has 1 aliphatic carbocycles. The number of fused-ring (bicyclic) bond motifs is 1. The number of ketones is 1. The molecule has 10 nitrogen and oxygen atoms in total. The van der Waals surface area contributed by atoms with Gasteiger partial charge in [-0.15, -0.1) is 0 Å². The topological polar surface area (TPSA) is 122 Å². The number of carbonyl (C=O) groups excluding carboxylic acids is 2. The third-order valence-electron chi connectivity index (χ3n) is 6.64. The molecule has 6 rings (SSSR count). The molecule has 0 spiro atoms. The molecule has 3 aromatic heterocycles. The van der Waals surface area contributed by atoms with E-state index in [1.54, 1.807) is 29.3 Å². The van der Waals surface area contributed by atoms with Crippen LogP contribution in [0.5, 0.6) is 5.75 Å². The highest BCUT2D eigenvalue weighted by molar-refractivity contribution is 8.00. The van der Waals surface area contributed by atoms with Gasteiger partial charge in [0.05, 0.1) is 37.2 Å². The standard InChI is InChI=1S/C28H24F2N6O4S/c1-39-23-13-31-20(26(29)30)10-18(23)17-11-24(36-8-6-22-16(7-9-40-22)21(37)14-36)32-12-19(17)27(38)33-28-35-34-25(41-28)5-4-15-2-3-15/h6-13,15,25-26,28,34-35H,2-3,14H2,1H3,(H,33,38). The van der Waals surface area contributed by atoms with Gasteiger partial charge in [0.1, 0.15) is 33.9 Å². The lowest BCUT2D eigenvalue weighted by Gasteiger charge is -2.21. The number of thioether (sulfide) groups is 1. The third kappa shape index (κ3) is 5.81. The number of hydrogen-bond acceptors (Lipinski definition) is 10. The number of hydrogen-bond donors (Lipinski definition) is 3. The lowest BCUT2D eigenvalue weighted by Crippen LogP contribution is -2.43. The van der Waals surface area contributed by atoms with Gasteiger partial charge >= 0.3 is 0 Å². The summed E-state index contributed by atoms with van der Waals surface area (Å²) < 4.78 is 38.1. The highest BCUT2D eigenvalue weighted by Gasteiger charge is 2.29. The number of amides is 1. The van der Waals surface area contributed by atoms with Crippen LogP contribution < -0.4 is 25.8 Å². The van der Waals surface area contributed by atoms with Crippen molar-refractivity contribution < 1.29 is 27.5 Å². The second-order valence-corrected chi connectivity index (χ2v) is 10.7. The average Bonchev–Trinajstić information content (AvgIpc) is 3.55. The molecular formula is C28H24F2N6O4S. The molecule has 13 heteroatoms. The van der Waals surface area contributed by atoms with Crippen LogP contribution in [0.2, 0.25) is 0 Å². The van der Waals surface area contributed by atoms with Gasteiger partial charge in [-0.2, -0.15) is 0 Å². The largest absolute Gasteiger partial charge is 0.494 e. The van der Waals surface area contributed by atoms with Crippen LogP contribution in [0.1, 0.15) is 51.4 Å². The molecule has 1 saturated carbocycles. The molecule has 0 radical (unpaired) electrons. The normalized spacial score (nSPS) is 19.9. The molecule has 2 aliphatic heterocycles. The van der Waals surface area contributed by atoms with Gasteiger partial charge in [-0.3, -0.25) is 14.6 Å². The van der Waals surface area contributed by atoms with Crippen LogP contribution in [0, 0.1) is 17.8 Å². The molecule has 3 aromatic rings. The van der Waals surface area contributed by atoms with Gasteiger partial charge in [-0.05, 0) is 37.1 Å². The van der Waals surface area contributed by atoms with Gasteiger partial charge in [0.15, 0.2) is 5.78 Å². The van der Waals surface area contributed by atoms with Crippen molar-refractivity contribution in [2.45, 2.75) is 30.1 Å². The van der Waals surface area contributed by atoms with Crippen molar-refractivity contribution in [3.8, 4) is 28.7 Å². The van der Waals surface area contributed by atoms with Crippen LogP contribution in [0.15, 0.2) is 47.5 Å². The summed E-state index contributed by atoms with van der Waals surface area (Å²) in [6.45, 7) is -0.0473. The summed E-state index contributed by atoms with van der Waals surface area (Å²) in [5, 5.41) is 2.68. The fourth-order valence-corrected chi connectivity index (χ4v) is 5.21. The van der Waals surface area contributed by atoms with Crippen LogP contribution in [0.4, 0.5) is 14.6 Å². The maximum atomic E-state index is 13.7. The summed E-state index contributed by atoms with van der Waals surface area (Å²) in [5.41, 5.74) is 6.11. The van der Waals surface area contributed by atoms with Gasteiger partial charge < -0.3 is 19.4 Å². The molecule has 3 N–H and O–H groups in total. The van der Waals surface area contributed by atoms with E-state index in [1.165, 1.54) is 43.6 Å². The van der Waals surface area contributed by atoms with Gasteiger partial charge in [-0.25, -0.2) is 24.6 Å². The number of anilines is 1. The number of hydrazine groups is 1. The van der Waals surface area contributed by atoms with Crippen molar-refractivity contribution in [2.24, 2.45) is 5.92 Å². The van der Waals surface area contributed by atoms with E-state index in [1.807, 2.05) is 0 Å². The number of pyridine rings is 2. The first kappa shape index (κ1) is 26.9. The lowest BCUT2D eigenvalue weighted by molar-refractivity contribution is 0.0943. The number of alkyl halides is 2. The van der Waals surface area contributed by atoms with Crippen molar-refractivity contribution in [1.29, 1.82) is 0 Å². The van der Waals surface area contributed by atoms with E-state index in [0.717, 1.165) is 12.8 Å². The van der Waals surface area contributed by atoms with E-state index >= 15 is 0 Å². The maximum absolute atomic E-state index is 13.7. The highest BCUT2D eigenvalue weighted by Crippen LogP contribution is 2.37. The molecule has 2 unspecified atom stereocenters. The first-order valence-electron chi connectivity index (χ1n) is 12.8. The number of aromatic nitrogens is 2. The summed E-state index contributed by atoms with van der Waals surface area (Å²) in [6.07, 6.45) is 6.64. The lowest BCUT2D eigenvalue weighted by atomic mass is 9.99. The zero-order valence-corrected chi connectivity index (χ0v) is 22.5. The Balaban J connectivity index is 1.34. The van der Waals surface area contributed by atoms with E-state index < -0.39 is 23.5 Å². The van der Waals surface area contributed by atoms with Crippen LogP contribution in [-0.2, 0) is 0 Å². The fraction of sp³-hybridized carbons (Fsp3) is 0.286. The summed E-state index contributed by atoms with van der Waals surface area (Å²) in [7, 11) is 1.38. The highest BCUT2D eigenvalue weighted by atomic mass is 32.2. The van der Waals surface area contributed by atoms with Crippen LogP contribution >= 0.6 is 11.8 Å². The Morgan fingerprint density at radius 2 is 2.05 bits per heavy atom. The molecular weight excluding hydrogens is 554 g/mol. The molecule has 0 bridgehead atoms. The van der Waals surface area contributed by atoms with E-state index in [9.17, 15) is 18.4 Å². The number of rotatable bonds is 6. The van der Waals surface area contributed by atoms with Gasteiger partial charge in [0, 0.05) is 29.4 Å². The van der Waals surface area contributed by atoms with Gasteiger partial charge in [0.2, 0.25) is 0 Å². The number of carbonyl (C=O) groups is 2. The number of halogens is 2. The number of ether oxygens (including phenoxy) is 1.